The summed E-state index contributed by atoms with van der Waals surface area (Å²) in [4.78, 5) is 1.85. The number of hydrogen-bond acceptors (Lipinski definition) is 5. The Bertz CT molecular complexity index is 911. The molecule has 1 N–H and O–H groups in total. The van der Waals surface area contributed by atoms with Crippen molar-refractivity contribution in [3.63, 3.8) is 0 Å². The topological polar surface area (TPSA) is 73.2 Å². The molecule has 2 aromatic rings. The monoisotopic (exact) mass is 389 g/mol. The van der Waals surface area contributed by atoms with Crippen molar-refractivity contribution in [3.05, 3.63) is 64.7 Å². The lowest BCUT2D eigenvalue weighted by Crippen LogP contribution is -2.21. The van der Waals surface area contributed by atoms with Gasteiger partial charge in [0.25, 0.3) is 0 Å². The number of nitrogens with one attached hydrogen (secondary N) is 1. The summed E-state index contributed by atoms with van der Waals surface area (Å²) in [5.74, 6) is 0. The number of allylic oxidation sites excluding steroid dienone is 1. The Labute approximate surface area is 159 Å². The molecule has 7 heteroatoms. The molecule has 2 aromatic carbocycles. The van der Waals surface area contributed by atoms with Crippen LogP contribution in [0.25, 0.3) is 0 Å². The summed E-state index contributed by atoms with van der Waals surface area (Å²) in [6, 6.07) is 15.0. The Balaban J connectivity index is 2.22. The quantitative estimate of drug-likeness (QED) is 0.709. The third-order valence-electron chi connectivity index (χ3n) is 3.89. The molecule has 0 aliphatic rings. The van der Waals surface area contributed by atoms with Crippen LogP contribution in [0.1, 0.15) is 13.8 Å². The first-order chi connectivity index (χ1) is 12.4. The molecular weight excluding hydrogens is 370 g/mol. The van der Waals surface area contributed by atoms with Crippen LogP contribution in [0.2, 0.25) is 5.02 Å². The number of nitrogens with zero attached hydrogens (tertiary/aromatic N) is 2. The summed E-state index contributed by atoms with van der Waals surface area (Å²) in [6.07, 6.45) is 1.20. The Morgan fingerprint density at radius 3 is 2.19 bits per heavy atom. The summed E-state index contributed by atoms with van der Waals surface area (Å²) >= 11 is 5.78. The number of hydrogen-bond donors (Lipinski definition) is 1. The Hall–Kier alpha value is -2.49. The van der Waals surface area contributed by atoms with Gasteiger partial charge >= 0.3 is 0 Å². The van der Waals surface area contributed by atoms with E-state index in [9.17, 15) is 13.7 Å². The Kier molecular flexibility index (Phi) is 6.67. The Morgan fingerprint density at radius 2 is 1.69 bits per heavy atom. The fraction of sp³-hybridized carbons (Fsp3) is 0.211. The molecule has 0 bridgehead atoms. The van der Waals surface area contributed by atoms with Crippen LogP contribution >= 0.6 is 11.6 Å². The maximum atomic E-state index is 12.5. The molecule has 0 aliphatic heterocycles. The number of sulfone groups is 1. The van der Waals surface area contributed by atoms with E-state index in [0.29, 0.717) is 10.7 Å². The van der Waals surface area contributed by atoms with Gasteiger partial charge in [0, 0.05) is 35.7 Å². The zero-order chi connectivity index (χ0) is 19.2. The van der Waals surface area contributed by atoms with Crippen molar-refractivity contribution in [1.82, 2.24) is 0 Å². The van der Waals surface area contributed by atoms with Crippen LogP contribution in [0.3, 0.4) is 0 Å². The molecular formula is C19H20ClN3O2S. The van der Waals surface area contributed by atoms with Crippen LogP contribution in [0, 0.1) is 11.3 Å². The van der Waals surface area contributed by atoms with Crippen LogP contribution in [0.4, 0.5) is 11.4 Å². The van der Waals surface area contributed by atoms with Crippen molar-refractivity contribution in [2.24, 2.45) is 0 Å². The Morgan fingerprint density at radius 1 is 1.12 bits per heavy atom. The number of nitriles is 1. The molecule has 0 aromatic heterocycles. The van der Waals surface area contributed by atoms with Gasteiger partial charge in [-0.3, -0.25) is 0 Å². The minimum Gasteiger partial charge on any atom is -0.372 e. The third kappa shape index (κ3) is 4.57. The number of halogens is 1. The zero-order valence-electron chi connectivity index (χ0n) is 14.6. The molecule has 0 atom stereocenters. The van der Waals surface area contributed by atoms with E-state index in [0.717, 1.165) is 18.8 Å². The SMILES string of the molecule is CCN(CC)c1ccc(N/C=C(\C#N)S(=O)(=O)c2ccc(Cl)cc2)cc1. The van der Waals surface area contributed by atoms with E-state index in [1.807, 2.05) is 24.3 Å². The minimum absolute atomic E-state index is 0.0216. The second-order valence-electron chi connectivity index (χ2n) is 5.44. The van der Waals surface area contributed by atoms with E-state index >= 15 is 0 Å². The second kappa shape index (κ2) is 8.75. The van der Waals surface area contributed by atoms with E-state index in [1.165, 1.54) is 30.5 Å². The molecule has 0 aliphatic carbocycles. The van der Waals surface area contributed by atoms with Gasteiger partial charge in [-0.1, -0.05) is 11.6 Å². The van der Waals surface area contributed by atoms with Gasteiger partial charge in [0.15, 0.2) is 4.91 Å². The average Bonchev–Trinajstić information content (AvgIpc) is 2.64. The molecule has 26 heavy (non-hydrogen) atoms. The molecule has 0 fully saturated rings. The highest BCUT2D eigenvalue weighted by molar-refractivity contribution is 7.95. The van der Waals surface area contributed by atoms with Crippen LogP contribution in [-0.2, 0) is 9.84 Å². The van der Waals surface area contributed by atoms with E-state index < -0.39 is 9.84 Å². The van der Waals surface area contributed by atoms with Crippen molar-refractivity contribution in [2.75, 3.05) is 23.3 Å². The van der Waals surface area contributed by atoms with Gasteiger partial charge in [-0.05, 0) is 62.4 Å². The molecule has 136 valence electrons. The van der Waals surface area contributed by atoms with Crippen molar-refractivity contribution in [2.45, 2.75) is 18.7 Å². The van der Waals surface area contributed by atoms with Gasteiger partial charge in [-0.25, -0.2) is 8.42 Å². The smallest absolute Gasteiger partial charge is 0.218 e. The largest absolute Gasteiger partial charge is 0.372 e. The predicted octanol–water partition coefficient (Wildman–Crippen LogP) is 4.44. The first-order valence-corrected chi connectivity index (χ1v) is 10.0. The molecule has 0 unspecified atom stereocenters. The van der Waals surface area contributed by atoms with Gasteiger partial charge in [-0.2, -0.15) is 5.26 Å². The molecule has 0 saturated carbocycles. The second-order valence-corrected chi connectivity index (χ2v) is 7.80. The highest BCUT2D eigenvalue weighted by Gasteiger charge is 2.20. The minimum atomic E-state index is -3.90. The maximum Gasteiger partial charge on any atom is 0.218 e. The van der Waals surface area contributed by atoms with Crippen molar-refractivity contribution in [3.8, 4) is 6.07 Å². The molecule has 0 spiro atoms. The first kappa shape index (κ1) is 19.8. The lowest BCUT2D eigenvalue weighted by atomic mass is 10.2. The van der Waals surface area contributed by atoms with Crippen LogP contribution in [-0.4, -0.2) is 21.5 Å². The van der Waals surface area contributed by atoms with E-state index in [1.54, 1.807) is 6.07 Å². The maximum absolute atomic E-state index is 12.5. The lowest BCUT2D eigenvalue weighted by molar-refractivity contribution is 0.603. The normalized spacial score (nSPS) is 11.7. The van der Waals surface area contributed by atoms with Gasteiger partial charge in [0.05, 0.1) is 4.90 Å². The van der Waals surface area contributed by atoms with Crippen molar-refractivity contribution < 1.29 is 8.42 Å². The summed E-state index contributed by atoms with van der Waals surface area (Å²) in [6.45, 7) is 5.97. The van der Waals surface area contributed by atoms with E-state index in [2.05, 4.69) is 24.1 Å². The van der Waals surface area contributed by atoms with Gasteiger partial charge in [-0.15, -0.1) is 0 Å². The summed E-state index contributed by atoms with van der Waals surface area (Å²) in [7, 11) is -3.90. The van der Waals surface area contributed by atoms with E-state index in [4.69, 9.17) is 11.6 Å². The third-order valence-corrected chi connectivity index (χ3v) is 5.82. The number of anilines is 2. The van der Waals surface area contributed by atoms with E-state index in [-0.39, 0.29) is 9.80 Å². The van der Waals surface area contributed by atoms with Crippen LogP contribution in [0.15, 0.2) is 64.5 Å². The van der Waals surface area contributed by atoms with Gasteiger partial charge in [0.2, 0.25) is 9.84 Å². The molecule has 0 saturated heterocycles. The van der Waals surface area contributed by atoms with Crippen molar-refractivity contribution >= 4 is 32.8 Å². The summed E-state index contributed by atoms with van der Waals surface area (Å²) in [5.41, 5.74) is 1.78. The highest BCUT2D eigenvalue weighted by atomic mass is 35.5. The van der Waals surface area contributed by atoms with Crippen molar-refractivity contribution in [1.29, 1.82) is 5.26 Å². The number of rotatable bonds is 7. The fourth-order valence-corrected chi connectivity index (χ4v) is 3.63. The van der Waals surface area contributed by atoms with Gasteiger partial charge < -0.3 is 10.2 Å². The standard InChI is InChI=1S/C19H20ClN3O2S/c1-3-23(4-2)17-9-7-16(8-10-17)22-14-19(13-21)26(24,25)18-11-5-15(20)6-12-18/h5-12,14,22H,3-4H2,1-2H3/b19-14+. The predicted molar refractivity (Wildman–Crippen MR) is 106 cm³/mol. The summed E-state index contributed by atoms with van der Waals surface area (Å²) < 4.78 is 25.1. The highest BCUT2D eigenvalue weighted by Crippen LogP contribution is 2.22. The fourth-order valence-electron chi connectivity index (χ4n) is 2.42. The molecule has 0 amide bonds. The average molecular weight is 390 g/mol. The zero-order valence-corrected chi connectivity index (χ0v) is 16.2. The molecule has 0 radical (unpaired) electrons. The number of benzene rings is 2. The first-order valence-electron chi connectivity index (χ1n) is 8.14. The van der Waals surface area contributed by atoms with Gasteiger partial charge in [0.1, 0.15) is 6.07 Å². The van der Waals surface area contributed by atoms with Crippen LogP contribution in [0.5, 0.6) is 0 Å². The van der Waals surface area contributed by atoms with Crippen LogP contribution < -0.4 is 10.2 Å². The molecule has 0 heterocycles. The summed E-state index contributed by atoms with van der Waals surface area (Å²) in [5, 5.41) is 12.6. The lowest BCUT2D eigenvalue weighted by Gasteiger charge is -2.21. The molecule has 5 nitrogen and oxygen atoms in total. The molecule has 2 rings (SSSR count).